The summed E-state index contributed by atoms with van der Waals surface area (Å²) in [6, 6.07) is 9.33. The molecule has 0 atom stereocenters. The number of amides is 1. The van der Waals surface area contributed by atoms with Gasteiger partial charge in [0.25, 0.3) is 5.56 Å². The van der Waals surface area contributed by atoms with Crippen LogP contribution in [0.15, 0.2) is 45.8 Å². The number of carbonyl (C=O) groups excluding carboxylic acids is 1. The Labute approximate surface area is 148 Å². The highest BCUT2D eigenvalue weighted by molar-refractivity contribution is 9.10. The highest BCUT2D eigenvalue weighted by Crippen LogP contribution is 2.16. The lowest BCUT2D eigenvalue weighted by atomic mass is 10.1. The molecule has 2 aromatic rings. The molecule has 122 valence electrons. The van der Waals surface area contributed by atoms with Crippen molar-refractivity contribution in [2.24, 2.45) is 0 Å². The molecule has 1 aromatic carbocycles. The van der Waals surface area contributed by atoms with E-state index in [9.17, 15) is 9.59 Å². The minimum absolute atomic E-state index is 0. The van der Waals surface area contributed by atoms with E-state index in [4.69, 9.17) is 0 Å². The number of pyridine rings is 1. The summed E-state index contributed by atoms with van der Waals surface area (Å²) in [6.45, 7) is 2.28. The third-order valence-corrected chi connectivity index (χ3v) is 4.12. The molecule has 0 saturated heterocycles. The third kappa shape index (κ3) is 4.43. The van der Waals surface area contributed by atoms with E-state index >= 15 is 0 Å². The highest BCUT2D eigenvalue weighted by atomic mass is 79.9. The van der Waals surface area contributed by atoms with E-state index in [0.29, 0.717) is 6.54 Å². The largest absolute Gasteiger partial charge is 0.350 e. The molecule has 1 aliphatic rings. The number of fused-ring (bicyclic) bond motifs is 1. The van der Waals surface area contributed by atoms with Crippen molar-refractivity contribution >= 4 is 34.2 Å². The van der Waals surface area contributed by atoms with E-state index in [0.717, 1.165) is 23.1 Å². The molecule has 1 amide bonds. The lowest BCUT2D eigenvalue weighted by Gasteiger charge is -2.09. The number of aromatic nitrogens is 1. The normalized spacial score (nSPS) is 12.4. The van der Waals surface area contributed by atoms with Crippen LogP contribution in [0.3, 0.4) is 0 Å². The Kier molecular flexibility index (Phi) is 5.98. The molecule has 1 aromatic heterocycles. The number of hydrogen-bond acceptors (Lipinski definition) is 3. The monoisotopic (exact) mass is 397 g/mol. The van der Waals surface area contributed by atoms with Gasteiger partial charge in [0.2, 0.25) is 5.91 Å². The number of nitrogens with zero attached hydrogens (tertiary/aromatic N) is 1. The van der Waals surface area contributed by atoms with Crippen LogP contribution in [0.5, 0.6) is 0 Å². The number of rotatable bonds is 4. The summed E-state index contributed by atoms with van der Waals surface area (Å²) >= 11 is 3.29. The fourth-order valence-electron chi connectivity index (χ4n) is 2.50. The van der Waals surface area contributed by atoms with E-state index in [1.165, 1.54) is 21.8 Å². The van der Waals surface area contributed by atoms with Crippen LogP contribution in [0.4, 0.5) is 0 Å². The zero-order chi connectivity index (χ0) is 15.5. The van der Waals surface area contributed by atoms with Gasteiger partial charge in [0, 0.05) is 36.4 Å². The van der Waals surface area contributed by atoms with Crippen LogP contribution in [0.25, 0.3) is 0 Å². The van der Waals surface area contributed by atoms with Gasteiger partial charge in [-0.25, -0.2) is 0 Å². The van der Waals surface area contributed by atoms with Gasteiger partial charge in [-0.15, -0.1) is 12.4 Å². The first kappa shape index (κ1) is 17.7. The maximum atomic E-state index is 12.0. The van der Waals surface area contributed by atoms with Gasteiger partial charge in [0.05, 0.1) is 0 Å². The summed E-state index contributed by atoms with van der Waals surface area (Å²) in [7, 11) is 0. The minimum Gasteiger partial charge on any atom is -0.350 e. The third-order valence-electron chi connectivity index (χ3n) is 3.65. The molecule has 5 nitrogen and oxygen atoms in total. The number of carbonyl (C=O) groups is 1. The van der Waals surface area contributed by atoms with Gasteiger partial charge < -0.3 is 15.2 Å². The molecular weight excluding hydrogens is 382 g/mol. The van der Waals surface area contributed by atoms with Crippen LogP contribution in [0.2, 0.25) is 0 Å². The smallest absolute Gasteiger partial charge is 0.251 e. The van der Waals surface area contributed by atoms with Gasteiger partial charge >= 0.3 is 0 Å². The zero-order valence-electron chi connectivity index (χ0n) is 12.3. The molecule has 0 unspecified atom stereocenters. The summed E-state index contributed by atoms with van der Waals surface area (Å²) in [5.74, 6) is -0.182. The summed E-state index contributed by atoms with van der Waals surface area (Å²) in [4.78, 5) is 23.6. The van der Waals surface area contributed by atoms with Crippen molar-refractivity contribution < 1.29 is 4.79 Å². The molecule has 0 bridgehead atoms. The Morgan fingerprint density at radius 2 is 2.00 bits per heavy atom. The topological polar surface area (TPSA) is 63.1 Å². The van der Waals surface area contributed by atoms with Crippen molar-refractivity contribution in [1.29, 1.82) is 0 Å². The Morgan fingerprint density at radius 1 is 1.22 bits per heavy atom. The van der Waals surface area contributed by atoms with Crippen molar-refractivity contribution in [2.75, 3.05) is 0 Å². The van der Waals surface area contributed by atoms with Crippen molar-refractivity contribution in [3.63, 3.8) is 0 Å². The molecule has 0 aliphatic carbocycles. The van der Waals surface area contributed by atoms with Gasteiger partial charge in [-0.05, 0) is 38.7 Å². The van der Waals surface area contributed by atoms with E-state index in [2.05, 4.69) is 38.7 Å². The van der Waals surface area contributed by atoms with Crippen LogP contribution in [0.1, 0.15) is 16.7 Å². The maximum Gasteiger partial charge on any atom is 0.251 e. The zero-order valence-corrected chi connectivity index (χ0v) is 14.7. The van der Waals surface area contributed by atoms with Gasteiger partial charge in [-0.1, -0.05) is 18.2 Å². The predicted molar refractivity (Wildman–Crippen MR) is 94.5 cm³/mol. The van der Waals surface area contributed by atoms with Crippen LogP contribution in [-0.2, 0) is 31.0 Å². The summed E-state index contributed by atoms with van der Waals surface area (Å²) in [6.07, 6.45) is 1.61. The molecule has 0 saturated carbocycles. The lowest BCUT2D eigenvalue weighted by Crippen LogP contribution is -2.31. The fourth-order valence-corrected chi connectivity index (χ4v) is 2.87. The second-order valence-electron chi connectivity index (χ2n) is 5.30. The van der Waals surface area contributed by atoms with Crippen molar-refractivity contribution in [2.45, 2.75) is 26.2 Å². The van der Waals surface area contributed by atoms with Gasteiger partial charge in [-0.3, -0.25) is 9.59 Å². The quantitative estimate of drug-likeness (QED) is 0.827. The minimum atomic E-state index is -0.193. The Hall–Kier alpha value is -1.63. The van der Waals surface area contributed by atoms with E-state index < -0.39 is 0 Å². The van der Waals surface area contributed by atoms with Crippen molar-refractivity contribution in [3.8, 4) is 0 Å². The summed E-state index contributed by atoms with van der Waals surface area (Å²) < 4.78 is 2.15. The maximum absolute atomic E-state index is 12.0. The summed E-state index contributed by atoms with van der Waals surface area (Å²) in [5, 5.41) is 6.15. The Bertz CT molecular complexity index is 776. The van der Waals surface area contributed by atoms with Gasteiger partial charge in [-0.2, -0.15) is 0 Å². The second kappa shape index (κ2) is 7.77. The molecule has 1 aliphatic heterocycles. The predicted octanol–water partition coefficient (Wildman–Crippen LogP) is 1.95. The molecule has 3 rings (SSSR count). The van der Waals surface area contributed by atoms with Gasteiger partial charge in [0.15, 0.2) is 0 Å². The highest BCUT2D eigenvalue weighted by Gasteiger charge is 2.10. The molecule has 2 N–H and O–H groups in total. The molecule has 0 radical (unpaired) electrons. The average Bonchev–Trinajstić information content (AvgIpc) is 2.96. The molecule has 2 heterocycles. The van der Waals surface area contributed by atoms with Crippen molar-refractivity contribution in [1.82, 2.24) is 15.2 Å². The number of halogens is 2. The first-order chi connectivity index (χ1) is 10.6. The van der Waals surface area contributed by atoms with Crippen LogP contribution in [-0.4, -0.2) is 10.5 Å². The van der Waals surface area contributed by atoms with E-state index in [1.54, 1.807) is 12.3 Å². The number of nitrogens with one attached hydrogen (secondary N) is 2. The SMILES string of the molecule is Cl.O=C(Cn1cc(Br)ccc1=O)NCc1ccc2c(c1)CNC2. The van der Waals surface area contributed by atoms with Gasteiger partial charge in [0.1, 0.15) is 6.54 Å². The molecule has 23 heavy (non-hydrogen) atoms. The van der Waals surface area contributed by atoms with E-state index in [-0.39, 0.29) is 30.4 Å². The standard InChI is InChI=1S/C16H16BrN3O2.ClH/c17-14-3-4-16(22)20(9-14)10-15(21)19-6-11-1-2-12-7-18-8-13(12)5-11;/h1-5,9,18H,6-8,10H2,(H,19,21);1H. The average molecular weight is 399 g/mol. The second-order valence-corrected chi connectivity index (χ2v) is 6.21. The molecule has 0 spiro atoms. The molecular formula is C16H17BrClN3O2. The number of hydrogen-bond donors (Lipinski definition) is 2. The first-order valence-corrected chi connectivity index (χ1v) is 7.85. The first-order valence-electron chi connectivity index (χ1n) is 7.06. The number of benzene rings is 1. The Balaban J connectivity index is 0.00000192. The van der Waals surface area contributed by atoms with E-state index in [1.807, 2.05) is 6.07 Å². The Morgan fingerprint density at radius 3 is 2.83 bits per heavy atom. The van der Waals surface area contributed by atoms with Crippen LogP contribution < -0.4 is 16.2 Å². The van der Waals surface area contributed by atoms with Crippen LogP contribution >= 0.6 is 28.3 Å². The molecule has 7 heteroatoms. The lowest BCUT2D eigenvalue weighted by molar-refractivity contribution is -0.121. The molecule has 0 fully saturated rings. The van der Waals surface area contributed by atoms with Crippen molar-refractivity contribution in [3.05, 3.63) is 68.0 Å². The fraction of sp³-hybridized carbons (Fsp3) is 0.250. The summed E-state index contributed by atoms with van der Waals surface area (Å²) in [5.41, 5.74) is 3.48. The van der Waals surface area contributed by atoms with Crippen LogP contribution in [0, 0.1) is 0 Å².